The minimum absolute atomic E-state index is 0.514. The van der Waals surface area contributed by atoms with E-state index in [1.165, 1.54) is 19.3 Å². The third kappa shape index (κ3) is 4.02. The number of unbranched alkanes of at least 4 members (excludes halogenated alkanes) is 1. The summed E-state index contributed by atoms with van der Waals surface area (Å²) in [6.07, 6.45) is 4.08. The highest BCUT2D eigenvalue weighted by atomic mass is 14.4. The van der Waals surface area contributed by atoms with Gasteiger partial charge >= 0.3 is 0 Å². The van der Waals surface area contributed by atoms with Gasteiger partial charge in [0.2, 0.25) is 0 Å². The lowest BCUT2D eigenvalue weighted by Crippen LogP contribution is -2.29. The Hall–Kier alpha value is 0. The maximum absolute atomic E-state index is 2.44. The maximum Gasteiger partial charge on any atom is -0.0326 e. The molecule has 0 bridgehead atoms. The van der Waals surface area contributed by atoms with Gasteiger partial charge in [0.15, 0.2) is 0 Å². The predicted octanol–water partition coefficient (Wildman–Crippen LogP) is 5.13. The SMILES string of the molecule is CCCCC(C)(C)C(C)C(C)C(C)C. The zero-order valence-electron chi connectivity index (χ0n) is 11.4. The molecule has 0 rings (SSSR count). The summed E-state index contributed by atoms with van der Waals surface area (Å²) in [6, 6.07) is 0. The minimum atomic E-state index is 0.514. The molecule has 0 amide bonds. The van der Waals surface area contributed by atoms with Crippen molar-refractivity contribution in [3.63, 3.8) is 0 Å². The number of hydrogen-bond donors (Lipinski definition) is 0. The van der Waals surface area contributed by atoms with Crippen LogP contribution in [0.1, 0.15) is 67.7 Å². The summed E-state index contributed by atoms with van der Waals surface area (Å²) in [5.41, 5.74) is 0.514. The lowest BCUT2D eigenvalue weighted by atomic mass is 9.68. The van der Waals surface area contributed by atoms with Crippen LogP contribution in [0.2, 0.25) is 0 Å². The minimum Gasteiger partial charge on any atom is -0.0654 e. The van der Waals surface area contributed by atoms with E-state index in [1.54, 1.807) is 0 Å². The quantitative estimate of drug-likeness (QED) is 0.555. The molecule has 0 fully saturated rings. The van der Waals surface area contributed by atoms with Crippen LogP contribution in [0.4, 0.5) is 0 Å². The summed E-state index contributed by atoms with van der Waals surface area (Å²) in [6.45, 7) is 16.7. The van der Waals surface area contributed by atoms with E-state index >= 15 is 0 Å². The molecule has 2 atom stereocenters. The largest absolute Gasteiger partial charge is 0.0654 e. The van der Waals surface area contributed by atoms with Gasteiger partial charge in [-0.2, -0.15) is 0 Å². The first-order valence-corrected chi connectivity index (χ1v) is 6.33. The van der Waals surface area contributed by atoms with Crippen LogP contribution in [0.5, 0.6) is 0 Å². The molecule has 0 nitrogen and oxygen atoms in total. The van der Waals surface area contributed by atoms with Crippen LogP contribution in [0.3, 0.4) is 0 Å². The average molecular weight is 198 g/mol. The second-order valence-electron chi connectivity index (χ2n) is 5.98. The summed E-state index contributed by atoms with van der Waals surface area (Å²) >= 11 is 0. The fourth-order valence-corrected chi connectivity index (χ4v) is 2.15. The topological polar surface area (TPSA) is 0 Å². The fraction of sp³-hybridized carbons (Fsp3) is 1.00. The third-order valence-corrected chi connectivity index (χ3v) is 4.25. The summed E-state index contributed by atoms with van der Waals surface area (Å²) in [5, 5.41) is 0. The summed E-state index contributed by atoms with van der Waals surface area (Å²) in [5.74, 6) is 2.47. The molecule has 0 heterocycles. The molecule has 86 valence electrons. The van der Waals surface area contributed by atoms with Crippen molar-refractivity contribution >= 4 is 0 Å². The molecule has 0 radical (unpaired) electrons. The Morgan fingerprint density at radius 3 is 1.86 bits per heavy atom. The first kappa shape index (κ1) is 14.0. The molecule has 0 saturated carbocycles. The molecule has 0 aliphatic heterocycles. The van der Waals surface area contributed by atoms with E-state index in [4.69, 9.17) is 0 Å². The van der Waals surface area contributed by atoms with Crippen LogP contribution >= 0.6 is 0 Å². The normalized spacial score (nSPS) is 17.1. The van der Waals surface area contributed by atoms with Crippen LogP contribution in [-0.4, -0.2) is 0 Å². The van der Waals surface area contributed by atoms with Crippen molar-refractivity contribution in [1.82, 2.24) is 0 Å². The molecule has 0 aromatic rings. The lowest BCUT2D eigenvalue weighted by molar-refractivity contribution is 0.121. The van der Waals surface area contributed by atoms with Crippen molar-refractivity contribution in [1.29, 1.82) is 0 Å². The van der Waals surface area contributed by atoms with E-state index in [-0.39, 0.29) is 0 Å². The van der Waals surface area contributed by atoms with Gasteiger partial charge < -0.3 is 0 Å². The Bertz CT molecular complexity index is 144. The highest BCUT2D eigenvalue weighted by Gasteiger charge is 2.30. The highest BCUT2D eigenvalue weighted by molar-refractivity contribution is 4.80. The molecular weight excluding hydrogens is 168 g/mol. The smallest absolute Gasteiger partial charge is 0.0326 e. The van der Waals surface area contributed by atoms with Gasteiger partial charge in [0.05, 0.1) is 0 Å². The van der Waals surface area contributed by atoms with Crippen LogP contribution in [-0.2, 0) is 0 Å². The van der Waals surface area contributed by atoms with Crippen LogP contribution in [0.15, 0.2) is 0 Å². The molecule has 0 heteroatoms. The molecule has 0 aromatic heterocycles. The monoisotopic (exact) mass is 198 g/mol. The standard InChI is InChI=1S/C14H30/c1-8-9-10-14(6,7)13(5)12(4)11(2)3/h11-13H,8-10H2,1-7H3. The van der Waals surface area contributed by atoms with E-state index in [1.807, 2.05) is 0 Å². The number of rotatable bonds is 6. The molecule has 0 saturated heterocycles. The molecule has 0 aromatic carbocycles. The van der Waals surface area contributed by atoms with Gasteiger partial charge in [-0.25, -0.2) is 0 Å². The zero-order valence-corrected chi connectivity index (χ0v) is 11.4. The van der Waals surface area contributed by atoms with Gasteiger partial charge in [-0.05, 0) is 29.6 Å². The van der Waals surface area contributed by atoms with Gasteiger partial charge in [-0.3, -0.25) is 0 Å². The van der Waals surface area contributed by atoms with Crippen molar-refractivity contribution < 1.29 is 0 Å². The third-order valence-electron chi connectivity index (χ3n) is 4.25. The van der Waals surface area contributed by atoms with E-state index in [0.29, 0.717) is 5.41 Å². The van der Waals surface area contributed by atoms with Crippen molar-refractivity contribution in [3.8, 4) is 0 Å². The molecular formula is C14H30. The summed E-state index contributed by atoms with van der Waals surface area (Å²) in [4.78, 5) is 0. The van der Waals surface area contributed by atoms with E-state index < -0.39 is 0 Å². The molecule has 2 unspecified atom stereocenters. The van der Waals surface area contributed by atoms with Crippen LogP contribution in [0.25, 0.3) is 0 Å². The van der Waals surface area contributed by atoms with Crippen molar-refractivity contribution in [3.05, 3.63) is 0 Å². The second kappa shape index (κ2) is 5.78. The van der Waals surface area contributed by atoms with Gasteiger partial charge in [0.1, 0.15) is 0 Å². The number of hydrogen-bond acceptors (Lipinski definition) is 0. The lowest BCUT2D eigenvalue weighted by Gasteiger charge is -2.38. The molecule has 14 heavy (non-hydrogen) atoms. The molecule has 0 aliphatic carbocycles. The second-order valence-corrected chi connectivity index (χ2v) is 5.98. The van der Waals surface area contributed by atoms with Crippen LogP contribution in [0, 0.1) is 23.2 Å². The Morgan fingerprint density at radius 1 is 1.00 bits per heavy atom. The molecule has 0 N–H and O–H groups in total. The summed E-state index contributed by atoms with van der Waals surface area (Å²) in [7, 11) is 0. The Kier molecular flexibility index (Phi) is 5.78. The van der Waals surface area contributed by atoms with Crippen molar-refractivity contribution in [2.75, 3.05) is 0 Å². The predicted molar refractivity (Wildman–Crippen MR) is 66.5 cm³/mol. The highest BCUT2D eigenvalue weighted by Crippen LogP contribution is 2.39. The Labute approximate surface area is 91.5 Å². The van der Waals surface area contributed by atoms with Crippen molar-refractivity contribution in [2.24, 2.45) is 23.2 Å². The molecule has 0 spiro atoms. The van der Waals surface area contributed by atoms with Crippen molar-refractivity contribution in [2.45, 2.75) is 67.7 Å². The Balaban J connectivity index is 4.25. The maximum atomic E-state index is 2.44. The Morgan fingerprint density at radius 2 is 1.50 bits per heavy atom. The fourth-order valence-electron chi connectivity index (χ4n) is 2.15. The first-order chi connectivity index (χ1) is 6.33. The summed E-state index contributed by atoms with van der Waals surface area (Å²) < 4.78 is 0. The van der Waals surface area contributed by atoms with Gasteiger partial charge in [-0.1, -0.05) is 61.3 Å². The zero-order chi connectivity index (χ0) is 11.4. The molecule has 0 aliphatic rings. The van der Waals surface area contributed by atoms with E-state index in [2.05, 4.69) is 48.5 Å². The van der Waals surface area contributed by atoms with E-state index in [0.717, 1.165) is 17.8 Å². The van der Waals surface area contributed by atoms with Gasteiger partial charge in [-0.15, -0.1) is 0 Å². The van der Waals surface area contributed by atoms with Gasteiger partial charge in [0, 0.05) is 0 Å². The van der Waals surface area contributed by atoms with Crippen LogP contribution < -0.4 is 0 Å². The average Bonchev–Trinajstić information content (AvgIpc) is 2.12. The van der Waals surface area contributed by atoms with Gasteiger partial charge in [0.25, 0.3) is 0 Å². The van der Waals surface area contributed by atoms with E-state index in [9.17, 15) is 0 Å². The first-order valence-electron chi connectivity index (χ1n) is 6.33.